The summed E-state index contributed by atoms with van der Waals surface area (Å²) < 4.78 is 5.36. The highest BCUT2D eigenvalue weighted by Gasteiger charge is 2.12. The highest BCUT2D eigenvalue weighted by atomic mass is 127. The van der Waals surface area contributed by atoms with Crippen LogP contribution in [0.3, 0.4) is 0 Å². The maximum atomic E-state index is 11.1. The number of methoxy groups -OCH3 is 1. The predicted molar refractivity (Wildman–Crippen MR) is 57.3 cm³/mol. The minimum Gasteiger partial charge on any atom is -1.00 e. The molecular weight excluding hydrogens is 305 g/mol. The summed E-state index contributed by atoms with van der Waals surface area (Å²) in [5.41, 5.74) is 1.74. The fourth-order valence-electron chi connectivity index (χ4n) is 1.16. The molecule has 1 aromatic rings. The van der Waals surface area contributed by atoms with E-state index in [9.17, 15) is 4.79 Å². The van der Waals surface area contributed by atoms with Crippen LogP contribution in [0.4, 0.5) is 5.69 Å². The summed E-state index contributed by atoms with van der Waals surface area (Å²) in [6.07, 6.45) is 0. The number of esters is 1. The topological polar surface area (TPSA) is 26.3 Å². The molecule has 1 rings (SSSR count). The van der Waals surface area contributed by atoms with Crippen LogP contribution in [-0.4, -0.2) is 34.2 Å². The first-order valence-corrected chi connectivity index (χ1v) is 4.45. The number of hydrogen-bond donors (Lipinski definition) is 0. The number of ether oxygens (including phenoxy) is 1. The van der Waals surface area contributed by atoms with Crippen molar-refractivity contribution in [2.45, 2.75) is 0 Å². The smallest absolute Gasteiger partial charge is 0.337 e. The third-order valence-corrected chi connectivity index (χ3v) is 2.06. The molecule has 0 unspecified atom stereocenters. The molecule has 0 aromatic heterocycles. The van der Waals surface area contributed by atoms with Crippen LogP contribution in [0.2, 0.25) is 0 Å². The summed E-state index contributed by atoms with van der Waals surface area (Å²) in [7, 11) is 7.61. The average molecular weight is 321 g/mol. The van der Waals surface area contributed by atoms with Crippen molar-refractivity contribution >= 4 is 11.7 Å². The summed E-state index contributed by atoms with van der Waals surface area (Å²) in [6, 6.07) is 7.44. The number of rotatable bonds is 2. The van der Waals surface area contributed by atoms with Crippen molar-refractivity contribution in [2.75, 3.05) is 28.3 Å². The van der Waals surface area contributed by atoms with E-state index in [4.69, 9.17) is 0 Å². The maximum absolute atomic E-state index is 11.1. The Morgan fingerprint density at radius 1 is 1.13 bits per heavy atom. The number of halogens is 1. The van der Waals surface area contributed by atoms with E-state index < -0.39 is 0 Å². The molecule has 0 bridgehead atoms. The molecule has 84 valence electrons. The Bertz CT molecular complexity index is 327. The zero-order valence-corrected chi connectivity index (χ0v) is 11.6. The second-order valence-electron chi connectivity index (χ2n) is 4.05. The van der Waals surface area contributed by atoms with Crippen LogP contribution in [0.5, 0.6) is 0 Å². The molecule has 0 saturated carbocycles. The lowest BCUT2D eigenvalue weighted by Crippen LogP contribution is -3.00. The lowest BCUT2D eigenvalue weighted by Gasteiger charge is -2.23. The third-order valence-electron chi connectivity index (χ3n) is 2.06. The Balaban J connectivity index is 0.00000196. The van der Waals surface area contributed by atoms with Crippen LogP contribution >= 0.6 is 0 Å². The molecular formula is C11H16INO2. The predicted octanol–water partition coefficient (Wildman–Crippen LogP) is -1.33. The van der Waals surface area contributed by atoms with Gasteiger partial charge in [-0.15, -0.1) is 0 Å². The minimum absolute atomic E-state index is 0. The van der Waals surface area contributed by atoms with E-state index in [1.165, 1.54) is 7.11 Å². The summed E-state index contributed by atoms with van der Waals surface area (Å²) >= 11 is 0. The average Bonchev–Trinajstić information content (AvgIpc) is 2.15. The molecule has 0 amide bonds. The molecule has 0 aliphatic heterocycles. The summed E-state index contributed by atoms with van der Waals surface area (Å²) in [5.74, 6) is -0.294. The molecule has 0 saturated heterocycles. The molecule has 1 aromatic carbocycles. The van der Waals surface area contributed by atoms with Crippen molar-refractivity contribution in [3.05, 3.63) is 29.8 Å². The molecule has 0 radical (unpaired) electrons. The van der Waals surface area contributed by atoms with Crippen LogP contribution < -0.4 is 28.5 Å². The highest BCUT2D eigenvalue weighted by Crippen LogP contribution is 2.17. The molecule has 0 atom stereocenters. The molecule has 3 nitrogen and oxygen atoms in total. The van der Waals surface area contributed by atoms with Crippen molar-refractivity contribution < 1.29 is 33.5 Å². The van der Waals surface area contributed by atoms with E-state index >= 15 is 0 Å². The van der Waals surface area contributed by atoms with Gasteiger partial charge in [-0.2, -0.15) is 0 Å². The van der Waals surface area contributed by atoms with Gasteiger partial charge in [0.1, 0.15) is 5.69 Å². The number of nitrogens with zero attached hydrogens (tertiary/aromatic N) is 1. The third kappa shape index (κ3) is 3.79. The monoisotopic (exact) mass is 321 g/mol. The lowest BCUT2D eigenvalue weighted by molar-refractivity contribution is -0.0000178. The van der Waals surface area contributed by atoms with E-state index in [-0.39, 0.29) is 29.9 Å². The van der Waals surface area contributed by atoms with Crippen LogP contribution in [-0.2, 0) is 4.74 Å². The number of benzene rings is 1. The fraction of sp³-hybridized carbons (Fsp3) is 0.364. The number of hydrogen-bond acceptors (Lipinski definition) is 2. The number of carbonyl (C=O) groups excluding carboxylic acids is 1. The standard InChI is InChI=1S/C11H16NO2.HI/c1-12(2,3)10-7-5-9(6-8-10)11(13)14-4;/h5-8H,1-4H3;1H/q+1;/p-1. The molecule has 4 heteroatoms. The zero-order chi connectivity index (χ0) is 10.8. The van der Waals surface area contributed by atoms with Crippen molar-refractivity contribution in [2.24, 2.45) is 0 Å². The normalized spacial score (nSPS) is 10.4. The molecule has 0 heterocycles. The van der Waals surface area contributed by atoms with Crippen LogP contribution in [0.15, 0.2) is 24.3 Å². The Morgan fingerprint density at radius 3 is 1.93 bits per heavy atom. The Morgan fingerprint density at radius 2 is 1.60 bits per heavy atom. The van der Waals surface area contributed by atoms with Gasteiger partial charge in [0.2, 0.25) is 0 Å². The van der Waals surface area contributed by atoms with E-state index in [1.807, 2.05) is 12.1 Å². The van der Waals surface area contributed by atoms with Crippen molar-refractivity contribution in [3.63, 3.8) is 0 Å². The summed E-state index contributed by atoms with van der Waals surface area (Å²) in [6.45, 7) is 0. The van der Waals surface area contributed by atoms with Crippen molar-refractivity contribution in [3.8, 4) is 0 Å². The van der Waals surface area contributed by atoms with Crippen LogP contribution in [0.1, 0.15) is 10.4 Å². The Kier molecular flexibility index (Phi) is 5.23. The maximum Gasteiger partial charge on any atom is 0.337 e. The van der Waals surface area contributed by atoms with E-state index in [0.717, 1.165) is 10.2 Å². The van der Waals surface area contributed by atoms with Gasteiger partial charge in [-0.25, -0.2) is 4.79 Å². The van der Waals surface area contributed by atoms with Gasteiger partial charge in [0.15, 0.2) is 0 Å². The van der Waals surface area contributed by atoms with Gasteiger partial charge in [-0.3, -0.25) is 4.48 Å². The molecule has 0 aliphatic rings. The number of carbonyl (C=O) groups is 1. The van der Waals surface area contributed by atoms with Gasteiger partial charge >= 0.3 is 5.97 Å². The lowest BCUT2D eigenvalue weighted by atomic mass is 10.2. The zero-order valence-electron chi connectivity index (χ0n) is 9.45. The van der Waals surface area contributed by atoms with Crippen LogP contribution in [0.25, 0.3) is 0 Å². The van der Waals surface area contributed by atoms with E-state index in [1.54, 1.807) is 12.1 Å². The summed E-state index contributed by atoms with van der Waals surface area (Å²) in [5, 5.41) is 0. The second-order valence-corrected chi connectivity index (χ2v) is 4.05. The quantitative estimate of drug-likeness (QED) is 0.384. The first-order valence-electron chi connectivity index (χ1n) is 4.45. The SMILES string of the molecule is COC(=O)c1ccc([N+](C)(C)C)cc1.[I-]. The Hall–Kier alpha value is -0.620. The van der Waals surface area contributed by atoms with Gasteiger partial charge in [-0.1, -0.05) is 0 Å². The first kappa shape index (κ1) is 14.4. The molecule has 0 N–H and O–H groups in total. The van der Waals surface area contributed by atoms with Gasteiger partial charge in [0, 0.05) is 0 Å². The van der Waals surface area contributed by atoms with Gasteiger partial charge < -0.3 is 28.7 Å². The summed E-state index contributed by atoms with van der Waals surface area (Å²) in [4.78, 5) is 11.1. The highest BCUT2D eigenvalue weighted by molar-refractivity contribution is 5.89. The molecule has 0 aliphatic carbocycles. The van der Waals surface area contributed by atoms with Crippen molar-refractivity contribution in [1.29, 1.82) is 0 Å². The second kappa shape index (κ2) is 5.46. The fourth-order valence-corrected chi connectivity index (χ4v) is 1.16. The van der Waals surface area contributed by atoms with Gasteiger partial charge in [-0.05, 0) is 24.3 Å². The molecule has 0 fully saturated rings. The molecule has 0 spiro atoms. The first-order chi connectivity index (χ1) is 6.45. The van der Waals surface area contributed by atoms with Gasteiger partial charge in [0.05, 0.1) is 33.8 Å². The van der Waals surface area contributed by atoms with E-state index in [0.29, 0.717) is 5.56 Å². The minimum atomic E-state index is -0.294. The van der Waals surface area contributed by atoms with Gasteiger partial charge in [0.25, 0.3) is 0 Å². The van der Waals surface area contributed by atoms with Crippen LogP contribution in [0, 0.1) is 0 Å². The van der Waals surface area contributed by atoms with E-state index in [2.05, 4.69) is 25.9 Å². The number of quaternary nitrogens is 1. The molecule has 15 heavy (non-hydrogen) atoms. The Labute approximate surface area is 108 Å². The largest absolute Gasteiger partial charge is 1.00 e. The van der Waals surface area contributed by atoms with Crippen molar-refractivity contribution in [1.82, 2.24) is 4.48 Å².